The van der Waals surface area contributed by atoms with Crippen LogP contribution < -0.4 is 10.0 Å². The molecule has 2 rings (SSSR count). The van der Waals surface area contributed by atoms with Crippen LogP contribution >= 0.6 is 11.6 Å². The van der Waals surface area contributed by atoms with E-state index < -0.39 is 35.2 Å². The van der Waals surface area contributed by atoms with Crippen LogP contribution in [0.1, 0.15) is 0 Å². The van der Waals surface area contributed by atoms with Gasteiger partial charge < -0.3 is 5.32 Å². The number of hydrogen-bond acceptors (Lipinski definition) is 3. The number of sulfonamides is 1. The highest BCUT2D eigenvalue weighted by molar-refractivity contribution is 7.90. The van der Waals surface area contributed by atoms with Gasteiger partial charge in [-0.2, -0.15) is 0 Å². The molecule has 1 aliphatic rings. The first-order valence-corrected chi connectivity index (χ1v) is 7.22. The van der Waals surface area contributed by atoms with E-state index in [1.165, 1.54) is 0 Å². The molecule has 0 amide bonds. The Bertz CT molecular complexity index is 662. The quantitative estimate of drug-likeness (QED) is 0.890. The molecule has 110 valence electrons. The second-order valence-corrected chi connectivity index (χ2v) is 5.99. The maximum Gasteiger partial charge on any atom is 0.266 e. The molecule has 0 spiro atoms. The molecule has 0 radical (unpaired) electrons. The zero-order valence-electron chi connectivity index (χ0n) is 9.83. The van der Waals surface area contributed by atoms with Crippen molar-refractivity contribution in [1.82, 2.24) is 4.72 Å². The zero-order chi connectivity index (χ0) is 14.9. The molecule has 0 atom stereocenters. The molecular weight excluding hydrogens is 319 g/mol. The first-order valence-electron chi connectivity index (χ1n) is 5.36. The fraction of sp³-hybridized carbons (Fsp3) is 0.300. The number of benzene rings is 1. The molecular formula is C10H9ClF3N3O2S. The molecule has 2 N–H and O–H groups in total. The van der Waals surface area contributed by atoms with Gasteiger partial charge in [-0.25, -0.2) is 31.3 Å². The van der Waals surface area contributed by atoms with E-state index in [0.29, 0.717) is 0 Å². The summed E-state index contributed by atoms with van der Waals surface area (Å²) in [4.78, 5) is 3.18. The highest BCUT2D eigenvalue weighted by Crippen LogP contribution is 2.30. The third-order valence-corrected chi connectivity index (χ3v) is 4.13. The van der Waals surface area contributed by atoms with Crippen LogP contribution in [0, 0.1) is 5.82 Å². The number of halogens is 4. The predicted molar refractivity (Wildman–Crippen MR) is 68.5 cm³/mol. The average molecular weight is 328 g/mol. The van der Waals surface area contributed by atoms with Gasteiger partial charge in [-0.1, -0.05) is 11.6 Å². The summed E-state index contributed by atoms with van der Waals surface area (Å²) in [7, 11) is -4.08. The highest BCUT2D eigenvalue weighted by atomic mass is 35.5. The predicted octanol–water partition coefficient (Wildman–Crippen LogP) is 1.85. The molecule has 0 aromatic heterocycles. The number of nitrogens with one attached hydrogen (secondary N) is 2. The Labute approximate surface area is 117 Å². The first kappa shape index (κ1) is 14.9. The summed E-state index contributed by atoms with van der Waals surface area (Å²) >= 11 is 5.56. The number of hydrogen-bond donors (Lipinski definition) is 2. The molecule has 0 saturated carbocycles. The van der Waals surface area contributed by atoms with E-state index in [4.69, 9.17) is 11.6 Å². The van der Waals surface area contributed by atoms with Crippen LogP contribution in [0.25, 0.3) is 0 Å². The number of alkyl halides is 2. The topological polar surface area (TPSA) is 70.6 Å². The molecule has 1 aliphatic heterocycles. The van der Waals surface area contributed by atoms with E-state index >= 15 is 0 Å². The second-order valence-electron chi connectivity index (χ2n) is 3.93. The van der Waals surface area contributed by atoms with E-state index in [2.05, 4.69) is 10.3 Å². The number of fused-ring (bicyclic) bond motifs is 1. The van der Waals surface area contributed by atoms with Gasteiger partial charge in [0, 0.05) is 0 Å². The summed E-state index contributed by atoms with van der Waals surface area (Å²) in [6, 6.07) is 0.476. The van der Waals surface area contributed by atoms with Gasteiger partial charge in [0.05, 0.1) is 10.7 Å². The Balaban J connectivity index is 2.47. The van der Waals surface area contributed by atoms with Crippen molar-refractivity contribution in [2.24, 2.45) is 4.99 Å². The van der Waals surface area contributed by atoms with Crippen molar-refractivity contribution >= 4 is 33.3 Å². The maximum absolute atomic E-state index is 13.3. The molecule has 1 aromatic rings. The number of nitrogens with zero attached hydrogens (tertiary/aromatic N) is 1. The van der Waals surface area contributed by atoms with Gasteiger partial charge in [0.15, 0.2) is 0 Å². The molecule has 20 heavy (non-hydrogen) atoms. The molecule has 0 aliphatic carbocycles. The Kier molecular flexibility index (Phi) is 4.09. The minimum absolute atomic E-state index is 0.0228. The highest BCUT2D eigenvalue weighted by Gasteiger charge is 2.28. The number of aliphatic imine (C=N–C) groups is 1. The van der Waals surface area contributed by atoms with Crippen LogP contribution in [-0.4, -0.2) is 33.8 Å². The van der Waals surface area contributed by atoms with Gasteiger partial charge in [-0.15, -0.1) is 0 Å². The van der Waals surface area contributed by atoms with E-state index in [0.717, 1.165) is 12.1 Å². The largest absolute Gasteiger partial charge is 0.324 e. The summed E-state index contributed by atoms with van der Waals surface area (Å²) in [5, 5.41) is 2.20. The lowest BCUT2D eigenvalue weighted by Crippen LogP contribution is -2.41. The summed E-state index contributed by atoms with van der Waals surface area (Å²) < 4.78 is 63.8. The van der Waals surface area contributed by atoms with Crippen molar-refractivity contribution in [2.75, 3.05) is 18.7 Å². The fourth-order valence-corrected chi connectivity index (χ4v) is 2.83. The van der Waals surface area contributed by atoms with Gasteiger partial charge in [-0.05, 0) is 12.1 Å². The number of rotatable bonds is 3. The first-order chi connectivity index (χ1) is 9.37. The summed E-state index contributed by atoms with van der Waals surface area (Å²) in [5.41, 5.74) is -0.0228. The lowest BCUT2D eigenvalue weighted by Gasteiger charge is -2.22. The van der Waals surface area contributed by atoms with Crippen LogP contribution in [0.5, 0.6) is 0 Å². The van der Waals surface area contributed by atoms with Crippen LogP contribution in [0.2, 0.25) is 5.02 Å². The normalized spacial score (nSPS) is 18.6. The van der Waals surface area contributed by atoms with Crippen LogP contribution in [0.3, 0.4) is 0 Å². The van der Waals surface area contributed by atoms with Crippen LogP contribution in [0.15, 0.2) is 22.0 Å². The third-order valence-electron chi connectivity index (χ3n) is 2.46. The number of anilines is 1. The van der Waals surface area contributed by atoms with Crippen molar-refractivity contribution in [3.63, 3.8) is 0 Å². The van der Waals surface area contributed by atoms with Gasteiger partial charge in [0.1, 0.15) is 30.1 Å². The van der Waals surface area contributed by atoms with Crippen molar-refractivity contribution in [3.8, 4) is 0 Å². The van der Waals surface area contributed by atoms with Crippen molar-refractivity contribution < 1.29 is 21.6 Å². The molecule has 1 heterocycles. The molecule has 10 heteroatoms. The SMILES string of the molecule is O=S1(=O)NC(=NC(CF)CF)Nc2cc(Cl)c(F)cc21. The molecule has 0 unspecified atom stereocenters. The average Bonchev–Trinajstić information content (AvgIpc) is 2.38. The third kappa shape index (κ3) is 2.83. The molecule has 0 saturated heterocycles. The molecule has 0 bridgehead atoms. The summed E-state index contributed by atoms with van der Waals surface area (Å²) in [5.74, 6) is -1.25. The fourth-order valence-electron chi connectivity index (χ4n) is 1.54. The summed E-state index contributed by atoms with van der Waals surface area (Å²) in [6.45, 7) is -2.17. The van der Waals surface area contributed by atoms with Gasteiger partial charge in [-0.3, -0.25) is 0 Å². The zero-order valence-corrected chi connectivity index (χ0v) is 11.4. The standard InChI is InChI=1S/C10H9ClF3N3O2S/c11-6-1-8-9(2-7(6)14)20(18,19)17-10(16-8)15-5(3-12)4-13/h1-2,5H,3-4H2,(H2,15,16,17). The van der Waals surface area contributed by atoms with E-state index in [-0.39, 0.29) is 21.6 Å². The van der Waals surface area contributed by atoms with Crippen LogP contribution in [0.4, 0.5) is 18.9 Å². The maximum atomic E-state index is 13.3. The lowest BCUT2D eigenvalue weighted by atomic mass is 10.3. The smallest absolute Gasteiger partial charge is 0.266 e. The van der Waals surface area contributed by atoms with Crippen molar-refractivity contribution in [3.05, 3.63) is 23.0 Å². The van der Waals surface area contributed by atoms with E-state index in [9.17, 15) is 21.6 Å². The van der Waals surface area contributed by atoms with E-state index in [1.54, 1.807) is 0 Å². The van der Waals surface area contributed by atoms with Crippen LogP contribution in [-0.2, 0) is 10.0 Å². The number of guanidine groups is 1. The summed E-state index contributed by atoms with van der Waals surface area (Å²) in [6.07, 6.45) is 0. The Morgan fingerprint density at radius 3 is 2.55 bits per heavy atom. The lowest BCUT2D eigenvalue weighted by molar-refractivity contribution is 0.354. The second kappa shape index (κ2) is 5.49. The van der Waals surface area contributed by atoms with E-state index in [1.807, 2.05) is 4.72 Å². The van der Waals surface area contributed by atoms with Crippen molar-refractivity contribution in [1.29, 1.82) is 0 Å². The van der Waals surface area contributed by atoms with Gasteiger partial charge in [0.25, 0.3) is 10.0 Å². The minimum Gasteiger partial charge on any atom is -0.324 e. The Morgan fingerprint density at radius 1 is 1.30 bits per heavy atom. The molecule has 0 fully saturated rings. The Morgan fingerprint density at radius 2 is 1.95 bits per heavy atom. The van der Waals surface area contributed by atoms with Crippen molar-refractivity contribution in [2.45, 2.75) is 10.9 Å². The Hall–Kier alpha value is -1.48. The minimum atomic E-state index is -4.08. The molecule has 5 nitrogen and oxygen atoms in total. The van der Waals surface area contributed by atoms with Gasteiger partial charge in [0.2, 0.25) is 5.96 Å². The molecule has 1 aromatic carbocycles. The van der Waals surface area contributed by atoms with Gasteiger partial charge >= 0.3 is 0 Å². The monoisotopic (exact) mass is 327 g/mol.